The highest BCUT2D eigenvalue weighted by Crippen LogP contribution is 2.22. The summed E-state index contributed by atoms with van der Waals surface area (Å²) in [7, 11) is 0. The van der Waals surface area contributed by atoms with E-state index >= 15 is 0 Å². The van der Waals surface area contributed by atoms with Crippen LogP contribution in [0.1, 0.15) is 26.7 Å². The Kier molecular flexibility index (Phi) is 3.19. The molecule has 1 aromatic rings. The van der Waals surface area contributed by atoms with Crippen molar-refractivity contribution in [1.82, 2.24) is 9.55 Å². The molecule has 1 aromatic heterocycles. The van der Waals surface area contributed by atoms with E-state index in [4.69, 9.17) is 0 Å². The maximum Gasteiger partial charge on any atom is 0.293 e. The van der Waals surface area contributed by atoms with E-state index in [9.17, 15) is 9.90 Å². The van der Waals surface area contributed by atoms with Crippen LogP contribution >= 0.6 is 0 Å². The minimum Gasteiger partial charge on any atom is -0.388 e. The molecule has 1 aliphatic rings. The Morgan fingerprint density at radius 2 is 2.35 bits per heavy atom. The number of nitrogens with zero attached hydrogens (tertiary/aromatic N) is 3. The van der Waals surface area contributed by atoms with E-state index in [2.05, 4.69) is 4.98 Å². The Balaban J connectivity index is 2.28. The number of β-amino-alcohol motifs (C(OH)–C–C–N with tert-alkyl or cyclic N) is 1. The minimum atomic E-state index is -0.709. The first-order chi connectivity index (χ1) is 8.03. The van der Waals surface area contributed by atoms with Gasteiger partial charge in [-0.3, -0.25) is 4.79 Å². The number of aromatic nitrogens is 2. The first-order valence-electron chi connectivity index (χ1n) is 6.06. The molecule has 1 saturated heterocycles. The molecule has 1 fully saturated rings. The molecule has 17 heavy (non-hydrogen) atoms. The number of aliphatic hydroxyl groups is 1. The van der Waals surface area contributed by atoms with E-state index in [-0.39, 0.29) is 5.56 Å². The minimum absolute atomic E-state index is 0.0629. The van der Waals surface area contributed by atoms with Gasteiger partial charge in [-0.1, -0.05) is 6.92 Å². The number of hydrogen-bond acceptors (Lipinski definition) is 4. The van der Waals surface area contributed by atoms with Crippen LogP contribution in [-0.2, 0) is 6.54 Å². The molecule has 0 saturated carbocycles. The molecule has 2 rings (SSSR count). The van der Waals surface area contributed by atoms with Crippen molar-refractivity contribution < 1.29 is 5.11 Å². The molecule has 0 aliphatic carbocycles. The first-order valence-corrected chi connectivity index (χ1v) is 6.06. The van der Waals surface area contributed by atoms with Gasteiger partial charge >= 0.3 is 0 Å². The van der Waals surface area contributed by atoms with E-state index in [1.54, 1.807) is 23.9 Å². The maximum absolute atomic E-state index is 12.1. The molecule has 1 N–H and O–H groups in total. The molecule has 5 heteroatoms. The Morgan fingerprint density at radius 3 is 2.94 bits per heavy atom. The molecule has 0 amide bonds. The summed E-state index contributed by atoms with van der Waals surface area (Å²) in [5.41, 5.74) is -0.772. The van der Waals surface area contributed by atoms with Crippen LogP contribution in [0, 0.1) is 0 Å². The molecule has 0 aromatic carbocycles. The highest BCUT2D eigenvalue weighted by Gasteiger charge is 2.33. The first kappa shape index (κ1) is 12.1. The fourth-order valence-electron chi connectivity index (χ4n) is 2.20. The molecule has 0 bridgehead atoms. The zero-order valence-electron chi connectivity index (χ0n) is 10.4. The standard InChI is InChI=1S/C12H19N3O2/c1-3-6-14-8-5-13-10(11(14)16)15-7-4-12(2,17)9-15/h5,8,17H,3-4,6-7,9H2,1-2H3. The van der Waals surface area contributed by atoms with Crippen LogP contribution in [0.4, 0.5) is 5.82 Å². The Hall–Kier alpha value is -1.36. The van der Waals surface area contributed by atoms with Crippen molar-refractivity contribution in [1.29, 1.82) is 0 Å². The quantitative estimate of drug-likeness (QED) is 0.837. The van der Waals surface area contributed by atoms with Crippen LogP contribution in [0.2, 0.25) is 0 Å². The third-order valence-corrected chi connectivity index (χ3v) is 3.11. The summed E-state index contributed by atoms with van der Waals surface area (Å²) >= 11 is 0. The maximum atomic E-state index is 12.1. The highest BCUT2D eigenvalue weighted by molar-refractivity contribution is 5.38. The van der Waals surface area contributed by atoms with Crippen LogP contribution in [0.3, 0.4) is 0 Å². The molecule has 94 valence electrons. The van der Waals surface area contributed by atoms with Crippen molar-refractivity contribution in [2.45, 2.75) is 38.8 Å². The largest absolute Gasteiger partial charge is 0.388 e. The molecular formula is C12H19N3O2. The van der Waals surface area contributed by atoms with Gasteiger partial charge in [-0.25, -0.2) is 4.98 Å². The summed E-state index contributed by atoms with van der Waals surface area (Å²) < 4.78 is 1.68. The lowest BCUT2D eigenvalue weighted by Gasteiger charge is -2.19. The van der Waals surface area contributed by atoms with Crippen molar-refractivity contribution >= 4 is 5.82 Å². The monoisotopic (exact) mass is 237 g/mol. The summed E-state index contributed by atoms with van der Waals surface area (Å²) in [5, 5.41) is 9.91. The van der Waals surface area contributed by atoms with Gasteiger partial charge in [-0.05, 0) is 19.8 Å². The topological polar surface area (TPSA) is 58.4 Å². The fraction of sp³-hybridized carbons (Fsp3) is 0.667. The SMILES string of the molecule is CCCn1ccnc(N2CCC(C)(O)C2)c1=O. The molecular weight excluding hydrogens is 218 g/mol. The van der Waals surface area contributed by atoms with E-state index in [1.165, 1.54) is 0 Å². The van der Waals surface area contributed by atoms with Crippen LogP contribution in [0.15, 0.2) is 17.2 Å². The summed E-state index contributed by atoms with van der Waals surface area (Å²) in [5.74, 6) is 0.457. The lowest BCUT2D eigenvalue weighted by atomic mass is 10.1. The fourth-order valence-corrected chi connectivity index (χ4v) is 2.20. The number of aryl methyl sites for hydroxylation is 1. The Bertz CT molecular complexity index is 453. The third kappa shape index (κ3) is 2.49. The highest BCUT2D eigenvalue weighted by atomic mass is 16.3. The van der Waals surface area contributed by atoms with E-state index < -0.39 is 5.60 Å². The van der Waals surface area contributed by atoms with E-state index in [1.807, 2.05) is 11.8 Å². The molecule has 1 atom stereocenters. The van der Waals surface area contributed by atoms with E-state index in [0.29, 0.717) is 31.9 Å². The van der Waals surface area contributed by atoms with Gasteiger partial charge in [-0.15, -0.1) is 0 Å². The van der Waals surface area contributed by atoms with Crippen LogP contribution in [0.5, 0.6) is 0 Å². The zero-order valence-corrected chi connectivity index (χ0v) is 10.4. The van der Waals surface area contributed by atoms with Gasteiger partial charge in [-0.2, -0.15) is 0 Å². The van der Waals surface area contributed by atoms with Crippen molar-refractivity contribution in [3.63, 3.8) is 0 Å². The van der Waals surface area contributed by atoms with Gasteiger partial charge in [0, 0.05) is 32.0 Å². The summed E-state index contributed by atoms with van der Waals surface area (Å²) in [4.78, 5) is 18.2. The van der Waals surface area contributed by atoms with E-state index in [0.717, 1.165) is 6.42 Å². The number of hydrogen-bond donors (Lipinski definition) is 1. The van der Waals surface area contributed by atoms with Crippen LogP contribution in [0.25, 0.3) is 0 Å². The summed E-state index contributed by atoms with van der Waals surface area (Å²) in [6.45, 7) is 5.70. The predicted molar refractivity (Wildman–Crippen MR) is 66.2 cm³/mol. The van der Waals surface area contributed by atoms with Gasteiger partial charge in [0.05, 0.1) is 5.60 Å². The van der Waals surface area contributed by atoms with Crippen molar-refractivity contribution in [2.24, 2.45) is 0 Å². The third-order valence-electron chi connectivity index (χ3n) is 3.11. The van der Waals surface area contributed by atoms with Gasteiger partial charge in [0.2, 0.25) is 0 Å². The lowest BCUT2D eigenvalue weighted by Crippen LogP contribution is -2.35. The number of anilines is 1. The molecule has 0 radical (unpaired) electrons. The van der Waals surface area contributed by atoms with Crippen molar-refractivity contribution in [2.75, 3.05) is 18.0 Å². The summed E-state index contributed by atoms with van der Waals surface area (Å²) in [6.07, 6.45) is 4.96. The lowest BCUT2D eigenvalue weighted by molar-refractivity contribution is 0.0839. The normalized spacial score (nSPS) is 24.3. The summed E-state index contributed by atoms with van der Waals surface area (Å²) in [6, 6.07) is 0. The Labute approximate surface area is 101 Å². The second kappa shape index (κ2) is 4.49. The zero-order chi connectivity index (χ0) is 12.5. The van der Waals surface area contributed by atoms with Crippen molar-refractivity contribution in [3.8, 4) is 0 Å². The van der Waals surface area contributed by atoms with Gasteiger partial charge < -0.3 is 14.6 Å². The van der Waals surface area contributed by atoms with Crippen molar-refractivity contribution in [3.05, 3.63) is 22.7 Å². The molecule has 2 heterocycles. The molecule has 1 unspecified atom stereocenters. The second-order valence-corrected chi connectivity index (χ2v) is 4.92. The number of rotatable bonds is 3. The van der Waals surface area contributed by atoms with Gasteiger partial charge in [0.25, 0.3) is 5.56 Å². The molecule has 0 spiro atoms. The molecule has 5 nitrogen and oxygen atoms in total. The van der Waals surface area contributed by atoms with Crippen LogP contribution < -0.4 is 10.5 Å². The predicted octanol–water partition coefficient (Wildman–Crippen LogP) is 0.614. The average Bonchev–Trinajstić information content (AvgIpc) is 2.62. The Morgan fingerprint density at radius 1 is 1.59 bits per heavy atom. The second-order valence-electron chi connectivity index (χ2n) is 4.92. The molecule has 1 aliphatic heterocycles. The van der Waals surface area contributed by atoms with Gasteiger partial charge in [0.1, 0.15) is 0 Å². The van der Waals surface area contributed by atoms with Crippen LogP contribution in [-0.4, -0.2) is 33.3 Å². The van der Waals surface area contributed by atoms with Gasteiger partial charge in [0.15, 0.2) is 5.82 Å². The average molecular weight is 237 g/mol. The smallest absolute Gasteiger partial charge is 0.293 e.